The Hall–Kier alpha value is -1.88. The van der Waals surface area contributed by atoms with Gasteiger partial charge in [-0.3, -0.25) is 4.79 Å². The quantitative estimate of drug-likeness (QED) is 0.921. The number of aromatic nitrogens is 1. The smallest absolute Gasteiger partial charge is 0.258 e. The zero-order chi connectivity index (χ0) is 14.5. The van der Waals surface area contributed by atoms with Crippen molar-refractivity contribution in [1.82, 2.24) is 10.3 Å². The Bertz CT molecular complexity index is 608. The van der Waals surface area contributed by atoms with Crippen molar-refractivity contribution in [3.8, 4) is 5.75 Å². The second-order valence-electron chi connectivity index (χ2n) is 4.62. The molecule has 0 saturated carbocycles. The molecule has 0 spiro atoms. The lowest BCUT2D eigenvalue weighted by Gasteiger charge is -2.10. The molecule has 5 heteroatoms. The first kappa shape index (κ1) is 14.5. The number of rotatable bonds is 5. The van der Waals surface area contributed by atoms with E-state index >= 15 is 0 Å². The number of benzene rings is 1. The zero-order valence-electron chi connectivity index (χ0n) is 11.9. The van der Waals surface area contributed by atoms with Crippen LogP contribution in [0.25, 0.3) is 0 Å². The number of carbonyl (C=O) groups is 1. The number of nitrogens with zero attached hydrogens (tertiary/aromatic N) is 1. The summed E-state index contributed by atoms with van der Waals surface area (Å²) in [5.41, 5.74) is 3.10. The summed E-state index contributed by atoms with van der Waals surface area (Å²) in [6, 6.07) is 5.82. The summed E-state index contributed by atoms with van der Waals surface area (Å²) in [6.07, 6.45) is 0. The van der Waals surface area contributed by atoms with Crippen LogP contribution in [0.15, 0.2) is 23.6 Å². The largest absolute Gasteiger partial charge is 0.483 e. The Morgan fingerprint density at radius 2 is 2.15 bits per heavy atom. The molecule has 0 aliphatic heterocycles. The van der Waals surface area contributed by atoms with Gasteiger partial charge in [0, 0.05) is 5.38 Å². The van der Waals surface area contributed by atoms with Crippen LogP contribution in [0, 0.1) is 20.8 Å². The molecule has 2 aromatic rings. The van der Waals surface area contributed by atoms with Gasteiger partial charge in [0.15, 0.2) is 6.61 Å². The lowest BCUT2D eigenvalue weighted by atomic mass is 10.1. The van der Waals surface area contributed by atoms with Crippen molar-refractivity contribution in [3.05, 3.63) is 45.4 Å². The monoisotopic (exact) mass is 290 g/mol. The van der Waals surface area contributed by atoms with Crippen molar-refractivity contribution < 1.29 is 9.53 Å². The van der Waals surface area contributed by atoms with Crippen molar-refractivity contribution in [2.75, 3.05) is 6.61 Å². The lowest BCUT2D eigenvalue weighted by molar-refractivity contribution is -0.123. The topological polar surface area (TPSA) is 51.2 Å². The van der Waals surface area contributed by atoms with Gasteiger partial charge in [-0.1, -0.05) is 12.1 Å². The Morgan fingerprint density at radius 3 is 2.85 bits per heavy atom. The van der Waals surface area contributed by atoms with Crippen LogP contribution in [-0.2, 0) is 11.3 Å². The third-order valence-corrected chi connectivity index (χ3v) is 3.87. The summed E-state index contributed by atoms with van der Waals surface area (Å²) in [5, 5.41) is 5.74. The Kier molecular flexibility index (Phi) is 4.74. The maximum absolute atomic E-state index is 11.7. The average molecular weight is 290 g/mol. The van der Waals surface area contributed by atoms with Gasteiger partial charge >= 0.3 is 0 Å². The maximum atomic E-state index is 11.7. The van der Waals surface area contributed by atoms with E-state index in [1.165, 1.54) is 0 Å². The van der Waals surface area contributed by atoms with Gasteiger partial charge < -0.3 is 10.1 Å². The number of aryl methyl sites for hydroxylation is 2. The fourth-order valence-corrected chi connectivity index (χ4v) is 2.37. The molecule has 0 unspecified atom stereocenters. The van der Waals surface area contributed by atoms with E-state index in [2.05, 4.69) is 10.3 Å². The van der Waals surface area contributed by atoms with Crippen LogP contribution in [0.1, 0.15) is 21.8 Å². The number of thiazole rings is 1. The van der Waals surface area contributed by atoms with Gasteiger partial charge in [-0.2, -0.15) is 0 Å². The van der Waals surface area contributed by atoms with Crippen LogP contribution in [0.4, 0.5) is 0 Å². The van der Waals surface area contributed by atoms with Gasteiger partial charge in [0.2, 0.25) is 0 Å². The molecule has 20 heavy (non-hydrogen) atoms. The summed E-state index contributed by atoms with van der Waals surface area (Å²) >= 11 is 1.58. The zero-order valence-corrected chi connectivity index (χ0v) is 12.7. The minimum absolute atomic E-state index is 0.0212. The van der Waals surface area contributed by atoms with Crippen molar-refractivity contribution in [3.63, 3.8) is 0 Å². The Labute approximate surface area is 122 Å². The lowest BCUT2D eigenvalue weighted by Crippen LogP contribution is -2.28. The van der Waals surface area contributed by atoms with E-state index in [4.69, 9.17) is 4.74 Å². The molecule has 1 aromatic carbocycles. The van der Waals surface area contributed by atoms with Crippen molar-refractivity contribution >= 4 is 17.2 Å². The summed E-state index contributed by atoms with van der Waals surface area (Å²) in [5.74, 6) is 0.612. The fourth-order valence-electron chi connectivity index (χ4n) is 1.75. The van der Waals surface area contributed by atoms with E-state index in [0.29, 0.717) is 6.54 Å². The Balaban J connectivity index is 1.82. The molecule has 1 heterocycles. The third-order valence-electron chi connectivity index (χ3n) is 3.05. The van der Waals surface area contributed by atoms with Gasteiger partial charge in [0.05, 0.1) is 17.2 Å². The minimum Gasteiger partial charge on any atom is -0.483 e. The number of amides is 1. The van der Waals surface area contributed by atoms with E-state index in [1.807, 2.05) is 44.4 Å². The summed E-state index contributed by atoms with van der Waals surface area (Å²) in [6.45, 7) is 6.42. The summed E-state index contributed by atoms with van der Waals surface area (Å²) < 4.78 is 5.54. The first-order valence-electron chi connectivity index (χ1n) is 6.43. The van der Waals surface area contributed by atoms with Crippen molar-refractivity contribution in [2.45, 2.75) is 27.3 Å². The molecular formula is C15H18N2O2S. The molecule has 2 rings (SSSR count). The molecule has 1 N–H and O–H groups in total. The SMILES string of the molecule is Cc1nc(CNC(=O)COc2cccc(C)c2C)cs1. The highest BCUT2D eigenvalue weighted by molar-refractivity contribution is 7.09. The number of hydrogen-bond acceptors (Lipinski definition) is 4. The first-order valence-corrected chi connectivity index (χ1v) is 7.31. The molecule has 0 fully saturated rings. The van der Waals surface area contributed by atoms with Crippen LogP contribution >= 0.6 is 11.3 Å². The highest BCUT2D eigenvalue weighted by Crippen LogP contribution is 2.20. The first-order chi connectivity index (χ1) is 9.56. The van der Waals surface area contributed by atoms with Crippen LogP contribution in [0.2, 0.25) is 0 Å². The van der Waals surface area contributed by atoms with Crippen molar-refractivity contribution in [1.29, 1.82) is 0 Å². The van der Waals surface area contributed by atoms with Crippen LogP contribution in [-0.4, -0.2) is 17.5 Å². The van der Waals surface area contributed by atoms with Gasteiger partial charge in [-0.25, -0.2) is 4.98 Å². The van der Waals surface area contributed by atoms with E-state index in [0.717, 1.165) is 27.6 Å². The second kappa shape index (κ2) is 6.52. The molecule has 0 radical (unpaired) electrons. The van der Waals surface area contributed by atoms with E-state index in [1.54, 1.807) is 11.3 Å². The van der Waals surface area contributed by atoms with E-state index in [-0.39, 0.29) is 12.5 Å². The Morgan fingerprint density at radius 1 is 1.35 bits per heavy atom. The fraction of sp³-hybridized carbons (Fsp3) is 0.333. The van der Waals surface area contributed by atoms with E-state index in [9.17, 15) is 4.79 Å². The number of ether oxygens (including phenoxy) is 1. The summed E-state index contributed by atoms with van der Waals surface area (Å²) in [7, 11) is 0. The number of hydrogen-bond donors (Lipinski definition) is 1. The molecule has 0 bridgehead atoms. The predicted molar refractivity (Wildman–Crippen MR) is 80.1 cm³/mol. The van der Waals surface area contributed by atoms with Gasteiger partial charge in [0.1, 0.15) is 5.75 Å². The average Bonchev–Trinajstić information content (AvgIpc) is 2.84. The molecule has 1 aromatic heterocycles. The molecule has 0 saturated heterocycles. The standard InChI is InChI=1S/C15H18N2O2S/c1-10-5-4-6-14(11(10)2)19-8-15(18)16-7-13-9-20-12(3)17-13/h4-6,9H,7-8H2,1-3H3,(H,16,18). The van der Waals surface area contributed by atoms with Crippen LogP contribution < -0.4 is 10.1 Å². The molecule has 4 nitrogen and oxygen atoms in total. The molecule has 0 aliphatic carbocycles. The highest BCUT2D eigenvalue weighted by Gasteiger charge is 2.06. The third kappa shape index (κ3) is 3.81. The van der Waals surface area contributed by atoms with E-state index < -0.39 is 0 Å². The van der Waals surface area contributed by atoms with Gasteiger partial charge in [-0.15, -0.1) is 11.3 Å². The molecule has 0 aliphatic rings. The van der Waals surface area contributed by atoms with Crippen molar-refractivity contribution in [2.24, 2.45) is 0 Å². The summed E-state index contributed by atoms with van der Waals surface area (Å²) in [4.78, 5) is 16.0. The highest BCUT2D eigenvalue weighted by atomic mass is 32.1. The predicted octanol–water partition coefficient (Wildman–Crippen LogP) is 2.76. The molecule has 106 valence electrons. The number of carbonyl (C=O) groups excluding carboxylic acids is 1. The number of nitrogens with one attached hydrogen (secondary N) is 1. The maximum Gasteiger partial charge on any atom is 0.258 e. The minimum atomic E-state index is -0.142. The molecule has 0 atom stereocenters. The second-order valence-corrected chi connectivity index (χ2v) is 5.68. The van der Waals surface area contributed by atoms with Gasteiger partial charge in [0.25, 0.3) is 5.91 Å². The normalized spacial score (nSPS) is 10.3. The van der Waals surface area contributed by atoms with Crippen LogP contribution in [0.3, 0.4) is 0 Å². The van der Waals surface area contributed by atoms with Gasteiger partial charge in [-0.05, 0) is 38.0 Å². The molecular weight excluding hydrogens is 272 g/mol. The van der Waals surface area contributed by atoms with Crippen LogP contribution in [0.5, 0.6) is 5.75 Å². The molecule has 1 amide bonds.